The molecule has 20 heavy (non-hydrogen) atoms. The van der Waals surface area contributed by atoms with Crippen molar-refractivity contribution in [1.82, 2.24) is 0 Å². The molecule has 0 heterocycles. The number of allylic oxidation sites excluding steroid dienone is 2. The molecule has 0 saturated heterocycles. The van der Waals surface area contributed by atoms with Gasteiger partial charge in [0.1, 0.15) is 5.92 Å². The molecule has 0 atom stereocenters. The molecule has 0 saturated carbocycles. The highest BCUT2D eigenvalue weighted by molar-refractivity contribution is 6.29. The number of carbonyl (C=O) groups excluding carboxylic acids is 2. The summed E-state index contributed by atoms with van der Waals surface area (Å²) in [6.07, 6.45) is 2.93. The molecular weight excluding hydrogens is 256 g/mol. The Morgan fingerprint density at radius 2 is 1.55 bits per heavy atom. The zero-order valence-electron chi connectivity index (χ0n) is 11.2. The third-order valence-electron chi connectivity index (χ3n) is 3.43. The minimum Gasteiger partial charge on any atom is -0.478 e. The van der Waals surface area contributed by atoms with E-state index in [9.17, 15) is 19.5 Å². The summed E-state index contributed by atoms with van der Waals surface area (Å²) >= 11 is 0. The predicted octanol–water partition coefficient (Wildman–Crippen LogP) is 2.66. The van der Waals surface area contributed by atoms with Gasteiger partial charge in [-0.1, -0.05) is 36.4 Å². The first kappa shape index (κ1) is 13.9. The number of carboxylic acid groups (broad SMARTS) is 1. The maximum Gasteiger partial charge on any atom is 0.335 e. The van der Waals surface area contributed by atoms with Gasteiger partial charge >= 0.3 is 5.97 Å². The van der Waals surface area contributed by atoms with Crippen molar-refractivity contribution in [2.45, 2.75) is 13.8 Å². The summed E-state index contributed by atoms with van der Waals surface area (Å²) in [5.74, 6) is -2.85. The van der Waals surface area contributed by atoms with Gasteiger partial charge in [-0.05, 0) is 19.4 Å². The fraction of sp³-hybridized carbons (Fsp3) is 0.188. The molecule has 0 amide bonds. The second kappa shape index (κ2) is 5.25. The van der Waals surface area contributed by atoms with Gasteiger partial charge in [0.2, 0.25) is 0 Å². The van der Waals surface area contributed by atoms with Crippen molar-refractivity contribution in [3.63, 3.8) is 0 Å². The zero-order valence-corrected chi connectivity index (χ0v) is 11.2. The molecule has 2 rings (SSSR count). The van der Waals surface area contributed by atoms with E-state index < -0.39 is 11.9 Å². The Balaban J connectivity index is 2.53. The van der Waals surface area contributed by atoms with Gasteiger partial charge in [-0.15, -0.1) is 0 Å². The number of ketones is 2. The number of hydrogen-bond donors (Lipinski definition) is 1. The van der Waals surface area contributed by atoms with Crippen molar-refractivity contribution in [1.29, 1.82) is 0 Å². The van der Waals surface area contributed by atoms with E-state index in [1.54, 1.807) is 38.1 Å². The fourth-order valence-corrected chi connectivity index (χ4v) is 2.52. The highest BCUT2D eigenvalue weighted by Crippen LogP contribution is 2.34. The van der Waals surface area contributed by atoms with Crippen molar-refractivity contribution in [3.05, 3.63) is 58.7 Å². The van der Waals surface area contributed by atoms with Crippen LogP contribution in [0.4, 0.5) is 0 Å². The lowest BCUT2D eigenvalue weighted by molar-refractivity contribution is -0.132. The Labute approximate surface area is 116 Å². The number of hydrogen-bond acceptors (Lipinski definition) is 3. The molecule has 1 aromatic rings. The van der Waals surface area contributed by atoms with Gasteiger partial charge in [0.25, 0.3) is 0 Å². The molecule has 0 spiro atoms. The smallest absolute Gasteiger partial charge is 0.335 e. The summed E-state index contributed by atoms with van der Waals surface area (Å²) in [6, 6.07) is 6.57. The molecule has 0 bridgehead atoms. The number of Topliss-reactive ketones (excluding diaryl/α,β-unsaturated/α-hetero) is 2. The minimum atomic E-state index is -1.14. The summed E-state index contributed by atoms with van der Waals surface area (Å²) < 4.78 is 0. The number of benzene rings is 1. The van der Waals surface area contributed by atoms with E-state index in [-0.39, 0.29) is 22.7 Å². The van der Waals surface area contributed by atoms with E-state index in [1.165, 1.54) is 12.2 Å². The van der Waals surface area contributed by atoms with Crippen molar-refractivity contribution in [2.75, 3.05) is 0 Å². The van der Waals surface area contributed by atoms with Crippen LogP contribution in [0.3, 0.4) is 0 Å². The summed E-state index contributed by atoms with van der Waals surface area (Å²) in [5, 5.41) is 9.19. The van der Waals surface area contributed by atoms with E-state index in [2.05, 4.69) is 0 Å². The van der Waals surface area contributed by atoms with Crippen molar-refractivity contribution in [2.24, 2.45) is 5.92 Å². The second-order valence-electron chi connectivity index (χ2n) is 4.46. The molecule has 0 fully saturated rings. The molecule has 4 nitrogen and oxygen atoms in total. The lowest BCUT2D eigenvalue weighted by atomic mass is 9.88. The van der Waals surface area contributed by atoms with Crippen LogP contribution in [0.15, 0.2) is 47.6 Å². The first-order valence-corrected chi connectivity index (χ1v) is 6.26. The molecule has 1 aliphatic rings. The van der Waals surface area contributed by atoms with Crippen molar-refractivity contribution >= 4 is 17.5 Å². The van der Waals surface area contributed by atoms with Crippen LogP contribution in [-0.4, -0.2) is 22.6 Å². The van der Waals surface area contributed by atoms with Gasteiger partial charge in [0.05, 0.1) is 5.57 Å². The van der Waals surface area contributed by atoms with Gasteiger partial charge in [0, 0.05) is 11.1 Å². The Morgan fingerprint density at radius 3 is 1.90 bits per heavy atom. The quantitative estimate of drug-likeness (QED) is 0.520. The zero-order chi connectivity index (χ0) is 14.9. The lowest BCUT2D eigenvalue weighted by Gasteiger charge is -2.12. The van der Waals surface area contributed by atoms with Gasteiger partial charge in [-0.3, -0.25) is 9.59 Å². The molecule has 0 aromatic heterocycles. The normalized spacial score (nSPS) is 16.5. The average Bonchev–Trinajstić information content (AvgIpc) is 2.69. The van der Waals surface area contributed by atoms with Crippen LogP contribution >= 0.6 is 0 Å². The van der Waals surface area contributed by atoms with Crippen LogP contribution in [0.25, 0.3) is 0 Å². The maximum absolute atomic E-state index is 12.4. The maximum atomic E-state index is 12.4. The molecule has 1 N–H and O–H groups in total. The fourth-order valence-electron chi connectivity index (χ4n) is 2.52. The molecule has 102 valence electrons. The number of aliphatic carboxylic acids is 1. The van der Waals surface area contributed by atoms with E-state index in [0.29, 0.717) is 11.1 Å². The number of carbonyl (C=O) groups is 3. The van der Waals surface area contributed by atoms with E-state index in [4.69, 9.17) is 0 Å². The Hall–Kier alpha value is -2.49. The van der Waals surface area contributed by atoms with Crippen LogP contribution in [0.2, 0.25) is 0 Å². The molecule has 0 aliphatic heterocycles. The molecular formula is C16H14O4. The largest absolute Gasteiger partial charge is 0.478 e. The minimum absolute atomic E-state index is 0.00740. The Kier molecular flexibility index (Phi) is 3.66. The standard InChI is InChI=1S/C16H14O4/c1-3-9(10(4-2)16(19)20)13-14(17)11-7-5-6-8-12(11)15(13)18/h3-8,13H,1-2H3,(H,19,20)/b9-3+,10-4+. The molecule has 0 unspecified atom stereocenters. The van der Waals surface area contributed by atoms with Crippen molar-refractivity contribution in [3.8, 4) is 0 Å². The van der Waals surface area contributed by atoms with Crippen LogP contribution in [-0.2, 0) is 4.79 Å². The van der Waals surface area contributed by atoms with Crippen LogP contribution in [0, 0.1) is 5.92 Å². The number of rotatable bonds is 3. The molecule has 0 radical (unpaired) electrons. The summed E-state index contributed by atoms with van der Waals surface area (Å²) in [6.45, 7) is 3.20. The third kappa shape index (κ3) is 1.99. The Bertz CT molecular complexity index is 630. The molecule has 1 aliphatic carbocycles. The topological polar surface area (TPSA) is 71.4 Å². The van der Waals surface area contributed by atoms with E-state index in [1.807, 2.05) is 0 Å². The second-order valence-corrected chi connectivity index (χ2v) is 4.46. The highest BCUT2D eigenvalue weighted by atomic mass is 16.4. The van der Waals surface area contributed by atoms with Gasteiger partial charge in [-0.2, -0.15) is 0 Å². The van der Waals surface area contributed by atoms with Crippen molar-refractivity contribution < 1.29 is 19.5 Å². The van der Waals surface area contributed by atoms with Gasteiger partial charge in [0.15, 0.2) is 11.6 Å². The van der Waals surface area contributed by atoms with E-state index in [0.717, 1.165) is 0 Å². The summed E-state index contributed by atoms with van der Waals surface area (Å²) in [4.78, 5) is 36.0. The predicted molar refractivity (Wildman–Crippen MR) is 73.7 cm³/mol. The monoisotopic (exact) mass is 270 g/mol. The first-order chi connectivity index (χ1) is 9.52. The summed E-state index contributed by atoms with van der Waals surface area (Å²) in [5.41, 5.74) is 0.976. The Morgan fingerprint density at radius 1 is 1.05 bits per heavy atom. The summed E-state index contributed by atoms with van der Waals surface area (Å²) in [7, 11) is 0. The third-order valence-corrected chi connectivity index (χ3v) is 3.43. The first-order valence-electron chi connectivity index (χ1n) is 6.26. The van der Waals surface area contributed by atoms with Crippen LogP contribution in [0.1, 0.15) is 34.6 Å². The SMILES string of the molecule is C/C=C(\C(=C/C)C(=O)O)C1C(=O)c2ccccc2C1=O. The molecule has 4 heteroatoms. The van der Waals surface area contributed by atoms with Crippen LogP contribution in [0.5, 0.6) is 0 Å². The number of fused-ring (bicyclic) bond motifs is 1. The number of carboxylic acids is 1. The van der Waals surface area contributed by atoms with E-state index >= 15 is 0 Å². The average molecular weight is 270 g/mol. The molecule has 1 aromatic carbocycles. The lowest BCUT2D eigenvalue weighted by Crippen LogP contribution is -2.21. The van der Waals surface area contributed by atoms with Gasteiger partial charge < -0.3 is 5.11 Å². The van der Waals surface area contributed by atoms with Crippen LogP contribution < -0.4 is 0 Å². The highest BCUT2D eigenvalue weighted by Gasteiger charge is 2.41. The van der Waals surface area contributed by atoms with Gasteiger partial charge in [-0.25, -0.2) is 4.79 Å².